The molecule has 79 heavy (non-hydrogen) atoms. The van der Waals surface area contributed by atoms with Gasteiger partial charge in [0.1, 0.15) is 36.0 Å². The number of nitrogens with one attached hydrogen (secondary N) is 5. The van der Waals surface area contributed by atoms with Crippen LogP contribution in [0.2, 0.25) is 0 Å². The third kappa shape index (κ3) is 20.1. The van der Waals surface area contributed by atoms with Crippen LogP contribution in [0.3, 0.4) is 0 Å². The van der Waals surface area contributed by atoms with Gasteiger partial charge in [0.25, 0.3) is 16.0 Å². The zero-order valence-corrected chi connectivity index (χ0v) is 47.2. The average molecular weight is 1120 g/mol. The van der Waals surface area contributed by atoms with Crippen LogP contribution >= 0.6 is 8.73 Å². The summed E-state index contributed by atoms with van der Waals surface area (Å²) in [6.45, 7) is 9.68. The van der Waals surface area contributed by atoms with E-state index in [-0.39, 0.29) is 67.0 Å². The summed E-state index contributed by atoms with van der Waals surface area (Å²) in [5.74, 6) is -4.15. The zero-order valence-electron chi connectivity index (χ0n) is 45.4. The second-order valence-corrected chi connectivity index (χ2v) is 23.4. The fourth-order valence-corrected chi connectivity index (χ4v) is 10.6. The molecule has 1 aromatic heterocycles. The van der Waals surface area contributed by atoms with Crippen molar-refractivity contribution in [2.45, 2.75) is 114 Å². The number of ketones is 1. The predicted octanol–water partition coefficient (Wildman–Crippen LogP) is 4.11. The van der Waals surface area contributed by atoms with Crippen molar-refractivity contribution in [2.75, 3.05) is 39.5 Å². The molecule has 0 aliphatic carbocycles. The topological polar surface area (TPSA) is 269 Å². The molecule has 1 fully saturated rings. The van der Waals surface area contributed by atoms with Crippen LogP contribution < -0.4 is 26.6 Å². The van der Waals surface area contributed by atoms with E-state index in [9.17, 15) is 42.3 Å². The number of morpholine rings is 1. The SMILES string of the molecule is CC(C)C[C@H](NC(=O)[C@H](CCc1ccccc1)NC(=O)CN1CCOCC1)C(=O)N[C@@H](Cc1ccccc1)C(=O)N[C@@H](CC(C)C)C(=O)C(C)(O)COS(=O)(=O)c1ccc(C(=O)NCc2cn(PCc3ccccc3)nn2)cc1. The molecule has 22 heteroatoms. The van der Waals surface area contributed by atoms with E-state index in [0.29, 0.717) is 52.7 Å². The van der Waals surface area contributed by atoms with Gasteiger partial charge in [-0.3, -0.25) is 37.9 Å². The van der Waals surface area contributed by atoms with Gasteiger partial charge in [-0.15, -0.1) is 5.10 Å². The molecule has 20 nitrogen and oxygen atoms in total. The van der Waals surface area contributed by atoms with Gasteiger partial charge in [-0.1, -0.05) is 124 Å². The van der Waals surface area contributed by atoms with E-state index in [0.717, 1.165) is 36.3 Å². The molecule has 0 saturated carbocycles. The van der Waals surface area contributed by atoms with Gasteiger partial charge in [0, 0.05) is 40.0 Å². The fraction of sp³-hybridized carbons (Fsp3) is 0.439. The monoisotopic (exact) mass is 1120 g/mol. The second-order valence-electron chi connectivity index (χ2n) is 20.7. The Morgan fingerprint density at radius 2 is 1.25 bits per heavy atom. The molecule has 6 rings (SSSR count). The Balaban J connectivity index is 1.09. The Morgan fingerprint density at radius 3 is 1.87 bits per heavy atom. The minimum atomic E-state index is -4.60. The number of carbonyl (C=O) groups is 6. The Kier molecular flexibility index (Phi) is 23.4. The molecule has 4 aromatic carbocycles. The number of hydrogen-bond acceptors (Lipinski definition) is 14. The van der Waals surface area contributed by atoms with Crippen LogP contribution in [0.15, 0.2) is 126 Å². The summed E-state index contributed by atoms with van der Waals surface area (Å²) in [6.07, 6.45) is 3.39. The second kappa shape index (κ2) is 30.0. The number of benzene rings is 4. The van der Waals surface area contributed by atoms with E-state index >= 15 is 0 Å². The van der Waals surface area contributed by atoms with E-state index in [1.54, 1.807) is 54.8 Å². The molecule has 2 unspecified atom stereocenters. The lowest BCUT2D eigenvalue weighted by molar-refractivity contribution is -0.143. The molecule has 5 aromatic rings. The number of ether oxygens (including phenoxy) is 1. The van der Waals surface area contributed by atoms with Gasteiger partial charge in [-0.05, 0) is 85.4 Å². The van der Waals surface area contributed by atoms with Crippen LogP contribution in [-0.2, 0) is 68.6 Å². The molecule has 6 N–H and O–H groups in total. The summed E-state index contributed by atoms with van der Waals surface area (Å²) in [5.41, 5.74) is 1.01. The quantitative estimate of drug-likeness (QED) is 0.0279. The Morgan fingerprint density at radius 1 is 0.709 bits per heavy atom. The van der Waals surface area contributed by atoms with E-state index < -0.39 is 75.9 Å². The number of amides is 5. The summed E-state index contributed by atoms with van der Waals surface area (Å²) >= 11 is 0. The molecule has 1 saturated heterocycles. The van der Waals surface area contributed by atoms with Gasteiger partial charge < -0.3 is 36.4 Å². The summed E-state index contributed by atoms with van der Waals surface area (Å²) in [6, 6.07) is 28.4. The molecule has 1 aliphatic heterocycles. The number of aryl methyl sites for hydroxylation is 1. The van der Waals surface area contributed by atoms with Crippen LogP contribution in [0.1, 0.15) is 86.6 Å². The van der Waals surface area contributed by atoms with Crippen LogP contribution in [0, 0.1) is 11.8 Å². The van der Waals surface area contributed by atoms with E-state index in [1.165, 1.54) is 12.1 Å². The van der Waals surface area contributed by atoms with Crippen LogP contribution in [0.4, 0.5) is 0 Å². The molecule has 0 radical (unpaired) electrons. The fourth-order valence-electron chi connectivity index (χ4n) is 8.69. The van der Waals surface area contributed by atoms with Crippen LogP contribution in [-0.4, -0.2) is 138 Å². The average Bonchev–Trinajstić information content (AvgIpc) is 3.91. The molecule has 2 heterocycles. The maximum atomic E-state index is 14.5. The molecular weight excluding hydrogens is 1050 g/mol. The third-order valence-electron chi connectivity index (χ3n) is 13.0. The van der Waals surface area contributed by atoms with Crippen molar-refractivity contribution in [3.05, 3.63) is 149 Å². The summed E-state index contributed by atoms with van der Waals surface area (Å²) in [7, 11) is -4.27. The first-order valence-corrected chi connectivity index (χ1v) is 29.1. The lowest BCUT2D eigenvalue weighted by Crippen LogP contribution is -2.60. The van der Waals surface area contributed by atoms with Crippen LogP contribution in [0.25, 0.3) is 0 Å². The standard InChI is InChI=1S/C57H74N9O11PS/c1-39(2)31-48(52(68)57(5,73)38-77-79(74,75)46-24-22-44(23-25-46)53(69)58-34-45-35-66(64-63-45)78-37-43-19-13-8-14-20-43)60-56(72)50(33-42-17-11-7-12-18-42)62-55(71)49(32-40(3)4)61-54(70)47(26-21-41-15-9-6-10-16-41)59-51(67)36-65-27-29-76-30-28-65/h6-20,22-25,35,39-40,47-50,73,78H,21,26-34,36-38H2,1-5H3,(H,58,69)(H,59,67)(H,60,72)(H,61,70)(H,62,71)/t47-,48-,49-,50-,57?/m0/s1. The third-order valence-corrected chi connectivity index (χ3v) is 15.4. The first-order chi connectivity index (χ1) is 37.7. The number of carbonyl (C=O) groups excluding carboxylic acids is 6. The number of aliphatic hydroxyl groups is 1. The van der Waals surface area contributed by atoms with E-state index in [4.69, 9.17) is 8.92 Å². The molecule has 0 spiro atoms. The maximum Gasteiger partial charge on any atom is 0.297 e. The number of aromatic nitrogens is 3. The van der Waals surface area contributed by atoms with Gasteiger partial charge in [-0.25, -0.2) is 4.45 Å². The largest absolute Gasteiger partial charge is 0.380 e. The number of rotatable bonds is 30. The number of hydrogen-bond donors (Lipinski definition) is 6. The molecule has 0 bridgehead atoms. The zero-order chi connectivity index (χ0) is 57.0. The van der Waals surface area contributed by atoms with Crippen molar-refractivity contribution in [3.8, 4) is 0 Å². The Bertz CT molecular complexity index is 2890. The van der Waals surface area contributed by atoms with Crippen LogP contribution in [0.5, 0.6) is 0 Å². The van der Waals surface area contributed by atoms with Gasteiger partial charge in [0.15, 0.2) is 5.78 Å². The predicted molar refractivity (Wildman–Crippen MR) is 299 cm³/mol. The minimum absolute atomic E-state index is 0.0175. The number of nitrogens with zero attached hydrogens (tertiary/aromatic N) is 4. The van der Waals surface area contributed by atoms with Crippen molar-refractivity contribution in [1.82, 2.24) is 46.2 Å². The highest BCUT2D eigenvalue weighted by Gasteiger charge is 2.40. The smallest absolute Gasteiger partial charge is 0.297 e. The van der Waals surface area contributed by atoms with Crippen molar-refractivity contribution < 1.29 is 51.2 Å². The number of Topliss-reactive ketones (excluding diaryl/α,β-unsaturated/α-hetero) is 1. The van der Waals surface area contributed by atoms with Crippen molar-refractivity contribution in [2.24, 2.45) is 11.8 Å². The highest BCUT2D eigenvalue weighted by atomic mass is 32.2. The highest BCUT2D eigenvalue weighted by molar-refractivity contribution is 7.86. The van der Waals surface area contributed by atoms with E-state index in [1.807, 2.05) is 79.4 Å². The molecule has 5 amide bonds. The van der Waals surface area contributed by atoms with Gasteiger partial charge in [0.2, 0.25) is 23.6 Å². The minimum Gasteiger partial charge on any atom is -0.380 e. The first kappa shape index (κ1) is 61.5. The summed E-state index contributed by atoms with van der Waals surface area (Å²) in [5, 5.41) is 33.9. The molecule has 424 valence electrons. The molecular formula is C57H74N9O11PS. The van der Waals surface area contributed by atoms with Crippen molar-refractivity contribution in [1.29, 1.82) is 0 Å². The first-order valence-electron chi connectivity index (χ1n) is 26.6. The molecule has 6 atom stereocenters. The van der Waals surface area contributed by atoms with E-state index in [2.05, 4.69) is 36.9 Å². The highest BCUT2D eigenvalue weighted by Crippen LogP contribution is 2.22. The van der Waals surface area contributed by atoms with Gasteiger partial charge in [-0.2, -0.15) is 8.42 Å². The Labute approximate surface area is 464 Å². The lowest BCUT2D eigenvalue weighted by atomic mass is 9.90. The maximum absolute atomic E-state index is 14.5. The lowest BCUT2D eigenvalue weighted by Gasteiger charge is -2.30. The normalized spacial score (nSPS) is 15.4. The summed E-state index contributed by atoms with van der Waals surface area (Å²) in [4.78, 5) is 85.3. The van der Waals surface area contributed by atoms with Gasteiger partial charge in [0.05, 0.1) is 43.4 Å². The summed E-state index contributed by atoms with van der Waals surface area (Å²) < 4.78 is 39.3. The van der Waals surface area contributed by atoms with Crippen molar-refractivity contribution in [3.63, 3.8) is 0 Å². The van der Waals surface area contributed by atoms with Gasteiger partial charge >= 0.3 is 0 Å². The Hall–Kier alpha value is -6.74. The molecule has 1 aliphatic rings. The van der Waals surface area contributed by atoms with Crippen molar-refractivity contribution >= 4 is 54.2 Å².